The van der Waals surface area contributed by atoms with E-state index < -0.39 is 12.1 Å². The molecule has 1 aliphatic carbocycles. The first-order valence-corrected chi connectivity index (χ1v) is 12.7. The minimum Gasteiger partial charge on any atom is -0.469 e. The lowest BCUT2D eigenvalue weighted by Crippen LogP contribution is -2.58. The molecule has 190 valence electrons. The molecule has 9 nitrogen and oxygen atoms in total. The number of hydrogen-bond donors (Lipinski definition) is 1. The largest absolute Gasteiger partial charge is 0.469 e. The van der Waals surface area contributed by atoms with Crippen LogP contribution in [0.5, 0.6) is 0 Å². The summed E-state index contributed by atoms with van der Waals surface area (Å²) < 4.78 is 4.93. The Hall–Kier alpha value is -4.01. The summed E-state index contributed by atoms with van der Waals surface area (Å²) in [6.07, 6.45) is 1.14. The number of fused-ring (bicyclic) bond motifs is 1. The first-order chi connectivity index (χ1) is 17.9. The zero-order valence-electron chi connectivity index (χ0n) is 20.9. The predicted octanol–water partition coefficient (Wildman–Crippen LogP) is 2.55. The second-order valence-corrected chi connectivity index (χ2v) is 10.1. The molecule has 2 aromatic rings. The van der Waals surface area contributed by atoms with E-state index in [0.717, 1.165) is 22.4 Å². The van der Waals surface area contributed by atoms with Crippen molar-refractivity contribution in [2.45, 2.75) is 44.8 Å². The number of anilines is 2. The number of nitrogen functional groups attached to an aromatic ring is 1. The van der Waals surface area contributed by atoms with Gasteiger partial charge < -0.3 is 15.4 Å². The van der Waals surface area contributed by atoms with Gasteiger partial charge >= 0.3 is 5.97 Å². The minimum atomic E-state index is -1.08. The van der Waals surface area contributed by atoms with Gasteiger partial charge in [0.05, 0.1) is 36.4 Å². The standard InChI is InChI=1S/C28H29N5O4/c1-15-30-22-13-18(28(36)37-2)8-9-20(22)26(34)33(15)25-27(35)32-11-10-17-12-19(29)14-21(24(17)32)23(31-25)16-6-4-3-5-7-16/h3-7,12,14,18,20,22,25H,8-11,13,29H2,1-2H3/t18?,20?,22?,25-/m0/s1. The number of rotatable bonds is 3. The van der Waals surface area contributed by atoms with Crippen molar-refractivity contribution in [3.05, 3.63) is 59.2 Å². The van der Waals surface area contributed by atoms with Crippen molar-refractivity contribution < 1.29 is 19.1 Å². The van der Waals surface area contributed by atoms with Crippen LogP contribution in [0.25, 0.3) is 0 Å². The van der Waals surface area contributed by atoms with Gasteiger partial charge in [-0.15, -0.1) is 0 Å². The Morgan fingerprint density at radius 2 is 1.86 bits per heavy atom. The number of amides is 2. The Morgan fingerprint density at radius 1 is 1.08 bits per heavy atom. The number of methoxy groups -OCH3 is 1. The Kier molecular flexibility index (Phi) is 5.58. The molecular weight excluding hydrogens is 470 g/mol. The zero-order valence-corrected chi connectivity index (χ0v) is 20.9. The van der Waals surface area contributed by atoms with Crippen LogP contribution < -0.4 is 10.6 Å². The highest BCUT2D eigenvalue weighted by Gasteiger charge is 2.48. The maximum atomic E-state index is 14.0. The molecule has 3 aliphatic heterocycles. The molecule has 37 heavy (non-hydrogen) atoms. The third-order valence-corrected chi connectivity index (χ3v) is 7.98. The van der Waals surface area contributed by atoms with Gasteiger partial charge in [0.15, 0.2) is 0 Å². The number of ether oxygens (including phenoxy) is 1. The third-order valence-electron chi connectivity index (χ3n) is 7.98. The maximum Gasteiger partial charge on any atom is 0.308 e. The summed E-state index contributed by atoms with van der Waals surface area (Å²) in [6, 6.07) is 13.1. The van der Waals surface area contributed by atoms with Crippen LogP contribution in [0.15, 0.2) is 52.4 Å². The fraction of sp³-hybridized carbons (Fsp3) is 0.393. The van der Waals surface area contributed by atoms with Gasteiger partial charge in [0, 0.05) is 23.4 Å². The average molecular weight is 500 g/mol. The smallest absolute Gasteiger partial charge is 0.308 e. The van der Waals surface area contributed by atoms with Crippen molar-refractivity contribution in [2.24, 2.45) is 21.8 Å². The SMILES string of the molecule is COC(=O)C1CCC2C(=O)N([C@@H]3N=C(c4ccccc4)c4cc(N)cc5c4N(CC5)C3=O)C(C)=NC2C1. The monoisotopic (exact) mass is 499 g/mol. The van der Waals surface area contributed by atoms with Crippen LogP contribution >= 0.6 is 0 Å². The Bertz CT molecular complexity index is 1370. The fourth-order valence-electron chi connectivity index (χ4n) is 6.25. The van der Waals surface area contributed by atoms with Gasteiger partial charge in [-0.25, -0.2) is 4.99 Å². The van der Waals surface area contributed by atoms with Crippen LogP contribution in [0.1, 0.15) is 42.9 Å². The second-order valence-electron chi connectivity index (χ2n) is 10.1. The summed E-state index contributed by atoms with van der Waals surface area (Å²) in [5, 5.41) is 0. The van der Waals surface area contributed by atoms with Crippen LogP contribution in [-0.4, -0.2) is 60.1 Å². The normalized spacial score (nSPS) is 26.6. The molecule has 3 unspecified atom stereocenters. The van der Waals surface area contributed by atoms with Gasteiger partial charge in [0.1, 0.15) is 5.84 Å². The van der Waals surface area contributed by atoms with Gasteiger partial charge in [-0.1, -0.05) is 30.3 Å². The molecule has 0 spiro atoms. The number of aliphatic imine (C=N–C) groups is 2. The highest BCUT2D eigenvalue weighted by atomic mass is 16.5. The summed E-state index contributed by atoms with van der Waals surface area (Å²) in [4.78, 5) is 53.1. The second kappa shape index (κ2) is 8.83. The number of nitrogens with zero attached hydrogens (tertiary/aromatic N) is 4. The van der Waals surface area contributed by atoms with E-state index in [-0.39, 0.29) is 29.7 Å². The van der Waals surface area contributed by atoms with Crippen LogP contribution in [0, 0.1) is 11.8 Å². The molecule has 1 fully saturated rings. The van der Waals surface area contributed by atoms with E-state index in [1.54, 1.807) is 11.8 Å². The van der Waals surface area contributed by atoms with Crippen LogP contribution in [-0.2, 0) is 25.5 Å². The van der Waals surface area contributed by atoms with Gasteiger partial charge in [-0.3, -0.25) is 24.3 Å². The number of esters is 1. The topological polar surface area (TPSA) is 118 Å². The van der Waals surface area contributed by atoms with E-state index >= 15 is 0 Å². The first kappa shape index (κ1) is 23.4. The lowest BCUT2D eigenvalue weighted by Gasteiger charge is -2.41. The lowest BCUT2D eigenvalue weighted by atomic mass is 9.77. The Balaban J connectivity index is 1.46. The lowest BCUT2D eigenvalue weighted by molar-refractivity contribution is -0.149. The molecular formula is C28H29N5O4. The molecule has 0 radical (unpaired) electrons. The highest BCUT2D eigenvalue weighted by molar-refractivity contribution is 6.22. The van der Waals surface area contributed by atoms with E-state index in [0.29, 0.717) is 49.5 Å². The predicted molar refractivity (Wildman–Crippen MR) is 139 cm³/mol. The van der Waals surface area contributed by atoms with E-state index in [2.05, 4.69) is 0 Å². The summed E-state index contributed by atoms with van der Waals surface area (Å²) in [5.41, 5.74) is 11.0. The van der Waals surface area contributed by atoms with Gasteiger partial charge in [-0.2, -0.15) is 0 Å². The Morgan fingerprint density at radius 3 is 2.62 bits per heavy atom. The molecule has 4 aliphatic rings. The van der Waals surface area contributed by atoms with Crippen molar-refractivity contribution in [1.29, 1.82) is 0 Å². The van der Waals surface area contributed by atoms with Crippen molar-refractivity contribution in [1.82, 2.24) is 4.90 Å². The number of amidine groups is 1. The molecule has 0 saturated heterocycles. The molecule has 3 heterocycles. The van der Waals surface area contributed by atoms with Crippen LogP contribution in [0.4, 0.5) is 11.4 Å². The minimum absolute atomic E-state index is 0.166. The molecule has 2 N–H and O–H groups in total. The molecule has 4 atom stereocenters. The highest BCUT2D eigenvalue weighted by Crippen LogP contribution is 2.41. The summed E-state index contributed by atoms with van der Waals surface area (Å²) >= 11 is 0. The molecule has 2 aromatic carbocycles. The van der Waals surface area contributed by atoms with E-state index in [9.17, 15) is 14.4 Å². The Labute approximate surface area is 215 Å². The van der Waals surface area contributed by atoms with E-state index in [1.807, 2.05) is 42.5 Å². The average Bonchev–Trinajstić information content (AvgIpc) is 3.28. The molecule has 2 amide bonds. The first-order valence-electron chi connectivity index (χ1n) is 12.7. The molecule has 0 bridgehead atoms. The van der Waals surface area contributed by atoms with Crippen LogP contribution in [0.2, 0.25) is 0 Å². The van der Waals surface area contributed by atoms with Crippen LogP contribution in [0.3, 0.4) is 0 Å². The number of benzene rings is 2. The van der Waals surface area contributed by atoms with Crippen molar-refractivity contribution in [3.8, 4) is 0 Å². The zero-order chi connectivity index (χ0) is 25.8. The number of hydrogen-bond acceptors (Lipinski definition) is 7. The van der Waals surface area contributed by atoms with Crippen molar-refractivity contribution in [3.63, 3.8) is 0 Å². The third kappa shape index (κ3) is 3.72. The molecule has 6 rings (SSSR count). The van der Waals surface area contributed by atoms with E-state index in [1.165, 1.54) is 12.0 Å². The van der Waals surface area contributed by atoms with Crippen molar-refractivity contribution >= 4 is 40.7 Å². The fourth-order valence-corrected chi connectivity index (χ4v) is 6.25. The summed E-state index contributed by atoms with van der Waals surface area (Å²) in [6.45, 7) is 2.25. The van der Waals surface area contributed by atoms with Gasteiger partial charge in [0.25, 0.3) is 5.91 Å². The summed E-state index contributed by atoms with van der Waals surface area (Å²) in [5.74, 6) is -0.911. The van der Waals surface area contributed by atoms with Crippen molar-refractivity contribution in [2.75, 3.05) is 24.3 Å². The van der Waals surface area contributed by atoms with E-state index in [4.69, 9.17) is 20.5 Å². The van der Waals surface area contributed by atoms with Gasteiger partial charge in [0.2, 0.25) is 12.1 Å². The number of carbonyl (C=O) groups excluding carboxylic acids is 3. The number of nitrogens with two attached hydrogens (primary N) is 1. The molecule has 9 heteroatoms. The summed E-state index contributed by atoms with van der Waals surface area (Å²) in [7, 11) is 1.38. The molecule has 1 saturated carbocycles. The number of carbonyl (C=O) groups is 3. The molecule has 0 aromatic heterocycles. The van der Waals surface area contributed by atoms with Gasteiger partial charge in [-0.05, 0) is 50.3 Å². The maximum absolute atomic E-state index is 14.0. The quantitative estimate of drug-likeness (QED) is 0.515.